The molecule has 0 aromatic heterocycles. The number of anilines is 1. The molecule has 1 unspecified atom stereocenters. The van der Waals surface area contributed by atoms with Crippen molar-refractivity contribution in [3.05, 3.63) is 89.5 Å². The predicted octanol–water partition coefficient (Wildman–Crippen LogP) is 6.61. The molecule has 2 heterocycles. The molecule has 4 aromatic carbocycles. The summed E-state index contributed by atoms with van der Waals surface area (Å²) in [4.78, 5) is 28.7. The fraction of sp³-hybridized carbons (Fsp3) is 0.200. The van der Waals surface area contributed by atoms with E-state index in [2.05, 4.69) is 25.1 Å². The van der Waals surface area contributed by atoms with Crippen LogP contribution >= 0.6 is 0 Å². The monoisotopic (exact) mass is 447 g/mol. The lowest BCUT2D eigenvalue weighted by Gasteiger charge is -2.30. The molecule has 4 nitrogen and oxygen atoms in total. The van der Waals surface area contributed by atoms with Gasteiger partial charge in [0.1, 0.15) is 6.10 Å². The Morgan fingerprint density at radius 1 is 0.824 bits per heavy atom. The van der Waals surface area contributed by atoms with Gasteiger partial charge in [0.15, 0.2) is 0 Å². The average molecular weight is 448 g/mol. The molecule has 0 N–H and O–H groups in total. The van der Waals surface area contributed by atoms with E-state index in [9.17, 15) is 9.59 Å². The summed E-state index contributed by atoms with van der Waals surface area (Å²) >= 11 is 0. The molecular formula is C30H25NO3. The minimum atomic E-state index is -0.469. The Bertz CT molecular complexity index is 1530. The summed E-state index contributed by atoms with van der Waals surface area (Å²) in [6.07, 6.45) is 2.09. The van der Waals surface area contributed by atoms with Crippen LogP contribution in [0.1, 0.15) is 47.7 Å². The number of unbranched alkanes of at least 4 members (excludes halogenated alkanes) is 1. The first kappa shape index (κ1) is 20.7. The second kappa shape index (κ2) is 7.84. The zero-order valence-corrected chi connectivity index (χ0v) is 19.3. The fourth-order valence-electron chi connectivity index (χ4n) is 5.46. The number of carbonyl (C=O) groups excluding carboxylic acids is 2. The van der Waals surface area contributed by atoms with Crippen LogP contribution in [0.25, 0.3) is 32.7 Å². The molecule has 168 valence electrons. The fourth-order valence-corrected chi connectivity index (χ4v) is 5.46. The van der Waals surface area contributed by atoms with Crippen molar-refractivity contribution in [3.63, 3.8) is 0 Å². The number of carbonyl (C=O) groups is 2. The lowest BCUT2D eigenvalue weighted by molar-refractivity contribution is -0.112. The number of hydrogen-bond acceptors (Lipinski definition) is 3. The molecule has 4 aromatic rings. The van der Waals surface area contributed by atoms with Gasteiger partial charge in [-0.3, -0.25) is 4.79 Å². The van der Waals surface area contributed by atoms with Gasteiger partial charge in [-0.05, 0) is 46.5 Å². The zero-order chi connectivity index (χ0) is 23.4. The van der Waals surface area contributed by atoms with E-state index in [1.54, 1.807) is 4.90 Å². The number of fused-ring (bicyclic) bond motifs is 6. The highest BCUT2D eigenvalue weighted by Crippen LogP contribution is 2.49. The maximum Gasteiger partial charge on any atom is 0.339 e. The predicted molar refractivity (Wildman–Crippen MR) is 137 cm³/mol. The van der Waals surface area contributed by atoms with Gasteiger partial charge < -0.3 is 9.64 Å². The Morgan fingerprint density at radius 2 is 1.47 bits per heavy atom. The first-order valence-electron chi connectivity index (χ1n) is 11.9. The van der Waals surface area contributed by atoms with Crippen molar-refractivity contribution in [3.8, 4) is 0 Å². The van der Waals surface area contributed by atoms with Crippen molar-refractivity contribution in [2.45, 2.75) is 32.3 Å². The Balaban J connectivity index is 1.77. The molecule has 34 heavy (non-hydrogen) atoms. The first-order chi connectivity index (χ1) is 16.6. The lowest BCUT2D eigenvalue weighted by Crippen LogP contribution is -2.30. The van der Waals surface area contributed by atoms with Gasteiger partial charge in [-0.1, -0.05) is 74.0 Å². The third-order valence-electron chi connectivity index (χ3n) is 7.12. The summed E-state index contributed by atoms with van der Waals surface area (Å²) in [7, 11) is 1.82. The maximum absolute atomic E-state index is 13.9. The van der Waals surface area contributed by atoms with E-state index in [-0.39, 0.29) is 11.9 Å². The van der Waals surface area contributed by atoms with Crippen LogP contribution in [0, 0.1) is 0 Å². The number of rotatable bonds is 3. The Kier molecular flexibility index (Phi) is 4.77. The third kappa shape index (κ3) is 2.91. The molecule has 1 atom stereocenters. The minimum Gasteiger partial charge on any atom is -0.454 e. The Labute approximate surface area is 198 Å². The van der Waals surface area contributed by atoms with E-state index in [1.807, 2.05) is 61.6 Å². The van der Waals surface area contributed by atoms with Crippen LogP contribution in [0.4, 0.5) is 5.69 Å². The van der Waals surface area contributed by atoms with Crippen molar-refractivity contribution < 1.29 is 14.3 Å². The molecule has 0 aliphatic carbocycles. The molecule has 2 aliphatic heterocycles. The van der Waals surface area contributed by atoms with Crippen LogP contribution < -0.4 is 4.90 Å². The van der Waals surface area contributed by atoms with Crippen LogP contribution in [-0.2, 0) is 9.53 Å². The minimum absolute atomic E-state index is 0.0558. The number of benzene rings is 4. The largest absolute Gasteiger partial charge is 0.454 e. The Morgan fingerprint density at radius 3 is 2.18 bits per heavy atom. The smallest absolute Gasteiger partial charge is 0.339 e. The molecule has 6 rings (SSSR count). The SMILES string of the molecule is CCCCC1OC(=O)c2ccc3ccccc3c2/C1=C1/C(=O)N(C)c2ccc3ccccc3c21. The number of cyclic esters (lactones) is 1. The molecule has 1 amide bonds. The molecule has 4 heteroatoms. The number of nitrogens with zero attached hydrogens (tertiary/aromatic N) is 1. The highest BCUT2D eigenvalue weighted by molar-refractivity contribution is 6.41. The zero-order valence-electron chi connectivity index (χ0n) is 19.3. The summed E-state index contributed by atoms with van der Waals surface area (Å²) in [5, 5.41) is 4.14. The Hall–Kier alpha value is -3.92. The van der Waals surface area contributed by atoms with E-state index >= 15 is 0 Å². The summed E-state index contributed by atoms with van der Waals surface area (Å²) < 4.78 is 6.03. The molecule has 0 bridgehead atoms. The van der Waals surface area contributed by atoms with E-state index in [1.165, 1.54) is 0 Å². The van der Waals surface area contributed by atoms with E-state index in [0.29, 0.717) is 17.6 Å². The average Bonchev–Trinajstić information content (AvgIpc) is 3.12. The molecule has 2 aliphatic rings. The van der Waals surface area contributed by atoms with Crippen molar-refractivity contribution in [1.29, 1.82) is 0 Å². The highest BCUT2D eigenvalue weighted by atomic mass is 16.5. The second-order valence-electron chi connectivity index (χ2n) is 9.08. The van der Waals surface area contributed by atoms with Crippen LogP contribution in [0.5, 0.6) is 0 Å². The summed E-state index contributed by atoms with van der Waals surface area (Å²) in [5.41, 5.74) is 4.68. The molecule has 0 fully saturated rings. The standard InChI is InChI=1S/C30H25NO3/c1-3-4-13-24-27(25-20-11-7-5-9-18(20)14-16-22(25)30(33)34-24)28-26-21-12-8-6-10-19(21)15-17-23(26)31(2)29(28)32/h5-12,14-17,24H,3-4,13H2,1-2H3/b28-27+. The van der Waals surface area contributed by atoms with Crippen molar-refractivity contribution in [2.75, 3.05) is 11.9 Å². The molecule has 0 saturated heterocycles. The van der Waals surface area contributed by atoms with Gasteiger partial charge in [0.05, 0.1) is 16.8 Å². The van der Waals surface area contributed by atoms with Crippen LogP contribution in [0.15, 0.2) is 72.8 Å². The van der Waals surface area contributed by atoms with Gasteiger partial charge >= 0.3 is 5.97 Å². The first-order valence-corrected chi connectivity index (χ1v) is 11.9. The molecule has 0 radical (unpaired) electrons. The molecule has 0 spiro atoms. The molecule has 0 saturated carbocycles. The summed E-state index contributed by atoms with van der Waals surface area (Å²) in [6.45, 7) is 2.12. The van der Waals surface area contributed by atoms with Gasteiger partial charge in [-0.2, -0.15) is 0 Å². The van der Waals surface area contributed by atoms with E-state index in [0.717, 1.165) is 56.8 Å². The quantitative estimate of drug-likeness (QED) is 0.262. The van der Waals surface area contributed by atoms with Crippen LogP contribution in [-0.4, -0.2) is 25.0 Å². The second-order valence-corrected chi connectivity index (χ2v) is 9.08. The highest BCUT2D eigenvalue weighted by Gasteiger charge is 2.41. The number of hydrogen-bond donors (Lipinski definition) is 0. The number of likely N-dealkylation sites (N-methyl/N-ethyl adjacent to an activating group) is 1. The number of amides is 1. The van der Waals surface area contributed by atoms with Gasteiger partial charge in [0.2, 0.25) is 0 Å². The van der Waals surface area contributed by atoms with Gasteiger partial charge in [0.25, 0.3) is 5.91 Å². The summed E-state index contributed by atoms with van der Waals surface area (Å²) in [6, 6.07) is 24.1. The van der Waals surface area contributed by atoms with Crippen molar-refractivity contribution in [2.24, 2.45) is 0 Å². The maximum atomic E-state index is 13.9. The third-order valence-corrected chi connectivity index (χ3v) is 7.12. The van der Waals surface area contributed by atoms with Crippen LogP contribution in [0.2, 0.25) is 0 Å². The van der Waals surface area contributed by atoms with E-state index < -0.39 is 6.10 Å². The van der Waals surface area contributed by atoms with Gasteiger partial charge in [-0.25, -0.2) is 4.79 Å². The molecular weight excluding hydrogens is 422 g/mol. The summed E-state index contributed by atoms with van der Waals surface area (Å²) in [5.74, 6) is -0.372. The van der Waals surface area contributed by atoms with Crippen molar-refractivity contribution >= 4 is 50.3 Å². The number of esters is 1. The topological polar surface area (TPSA) is 46.6 Å². The van der Waals surface area contributed by atoms with Crippen molar-refractivity contribution in [1.82, 2.24) is 0 Å². The lowest BCUT2D eigenvalue weighted by atomic mass is 9.82. The normalized spacial score (nSPS) is 19.5. The van der Waals surface area contributed by atoms with Gasteiger partial charge in [-0.15, -0.1) is 0 Å². The van der Waals surface area contributed by atoms with E-state index in [4.69, 9.17) is 4.74 Å². The number of ether oxygens (including phenoxy) is 1. The van der Waals surface area contributed by atoms with Crippen LogP contribution in [0.3, 0.4) is 0 Å². The van der Waals surface area contributed by atoms with Gasteiger partial charge in [0, 0.05) is 23.7 Å².